The van der Waals surface area contributed by atoms with Gasteiger partial charge in [0.05, 0.1) is 17.2 Å². The molecule has 0 aliphatic heterocycles. The van der Waals surface area contributed by atoms with Crippen LogP contribution in [0.15, 0.2) is 65.6 Å². The third-order valence-corrected chi connectivity index (χ3v) is 7.68. The molecule has 0 saturated heterocycles. The highest BCUT2D eigenvalue weighted by atomic mass is 35.5. The Morgan fingerprint density at radius 2 is 1.64 bits per heavy atom. The molecule has 1 amide bonds. The Balaban J connectivity index is 1.98. The molecule has 0 aliphatic rings. The molecule has 3 aromatic carbocycles. The summed E-state index contributed by atoms with van der Waals surface area (Å²) in [6.45, 7) is 7.41. The Morgan fingerprint density at radius 1 is 0.970 bits per heavy atom. The van der Waals surface area contributed by atoms with Crippen molar-refractivity contribution >= 4 is 38.9 Å². The highest BCUT2D eigenvalue weighted by molar-refractivity contribution is 7.93. The Bertz CT molecular complexity index is 1260. The number of hydrogen-bond donors (Lipinski definition) is 1. The van der Waals surface area contributed by atoms with Gasteiger partial charge in [-0.2, -0.15) is 0 Å². The van der Waals surface area contributed by atoms with Crippen LogP contribution in [-0.4, -0.2) is 27.5 Å². The number of aryl methyl sites for hydroxylation is 1. The van der Waals surface area contributed by atoms with Crippen LogP contribution in [0.5, 0.6) is 5.75 Å². The summed E-state index contributed by atoms with van der Waals surface area (Å²) in [5.41, 5.74) is 3.11. The minimum absolute atomic E-state index is 0.0600. The minimum Gasteiger partial charge on any atom is -0.494 e. The normalized spacial score (nSPS) is 11.2. The lowest BCUT2D eigenvalue weighted by molar-refractivity contribution is -0.114. The fourth-order valence-electron chi connectivity index (χ4n) is 3.42. The van der Waals surface area contributed by atoms with Crippen molar-refractivity contribution in [3.8, 4) is 5.75 Å². The van der Waals surface area contributed by atoms with Crippen LogP contribution in [-0.2, 0) is 14.8 Å². The fourth-order valence-corrected chi connectivity index (χ4v) is 5.38. The highest BCUT2D eigenvalue weighted by Gasteiger charge is 2.30. The van der Waals surface area contributed by atoms with Crippen molar-refractivity contribution < 1.29 is 17.9 Å². The average molecular weight is 487 g/mol. The summed E-state index contributed by atoms with van der Waals surface area (Å²) in [5.74, 6) is 0.217. The number of nitrogens with one attached hydrogen (secondary N) is 1. The fraction of sp³-hybridized carbons (Fsp3) is 0.240. The number of carbonyl (C=O) groups excluding carboxylic acids is 1. The van der Waals surface area contributed by atoms with Crippen LogP contribution in [0.3, 0.4) is 0 Å². The van der Waals surface area contributed by atoms with Gasteiger partial charge in [-0.15, -0.1) is 0 Å². The van der Waals surface area contributed by atoms with E-state index in [1.165, 1.54) is 6.07 Å². The lowest BCUT2D eigenvalue weighted by Crippen LogP contribution is -2.39. The van der Waals surface area contributed by atoms with Crippen molar-refractivity contribution in [1.29, 1.82) is 0 Å². The molecule has 1 N–H and O–H groups in total. The third-order valence-electron chi connectivity index (χ3n) is 5.37. The number of nitrogens with zero attached hydrogens (tertiary/aromatic N) is 1. The van der Waals surface area contributed by atoms with Crippen LogP contribution in [0.2, 0.25) is 5.02 Å². The van der Waals surface area contributed by atoms with Gasteiger partial charge in [-0.05, 0) is 86.8 Å². The molecular weight excluding hydrogens is 460 g/mol. The van der Waals surface area contributed by atoms with Gasteiger partial charge in [0.25, 0.3) is 10.0 Å². The molecule has 0 radical (unpaired) electrons. The summed E-state index contributed by atoms with van der Waals surface area (Å²) in [6, 6.07) is 17.0. The van der Waals surface area contributed by atoms with Gasteiger partial charge in [0.2, 0.25) is 5.91 Å². The maximum absolute atomic E-state index is 13.7. The van der Waals surface area contributed by atoms with Crippen molar-refractivity contribution in [3.05, 3.63) is 82.4 Å². The first-order chi connectivity index (χ1) is 15.6. The molecule has 174 valence electrons. The first-order valence-electron chi connectivity index (χ1n) is 10.5. The second-order valence-corrected chi connectivity index (χ2v) is 9.84. The van der Waals surface area contributed by atoms with Crippen LogP contribution < -0.4 is 14.4 Å². The third kappa shape index (κ3) is 5.49. The van der Waals surface area contributed by atoms with Gasteiger partial charge in [0, 0.05) is 10.7 Å². The standard InChI is InChI=1S/C25H27ClN2O4S/c1-5-32-21-14-12-20(13-15-21)27-25(29)16-28(23-10-6-8-17(2)18(23)3)33(30,31)24-11-7-9-22(26)19(24)4/h6-15H,5,16H2,1-4H3,(H,27,29). The molecular formula is C25H27ClN2O4S. The van der Waals surface area contributed by atoms with Gasteiger partial charge < -0.3 is 10.1 Å². The van der Waals surface area contributed by atoms with Crippen LogP contribution in [0.4, 0.5) is 11.4 Å². The van der Waals surface area contributed by atoms with E-state index in [1.54, 1.807) is 55.5 Å². The molecule has 0 spiro atoms. The summed E-state index contributed by atoms with van der Waals surface area (Å²) >= 11 is 6.20. The number of amides is 1. The smallest absolute Gasteiger partial charge is 0.265 e. The van der Waals surface area contributed by atoms with E-state index in [9.17, 15) is 13.2 Å². The summed E-state index contributed by atoms with van der Waals surface area (Å²) in [4.78, 5) is 13.0. The van der Waals surface area contributed by atoms with Gasteiger partial charge in [0.15, 0.2) is 0 Å². The quantitative estimate of drug-likeness (QED) is 0.456. The van der Waals surface area contributed by atoms with Crippen LogP contribution >= 0.6 is 11.6 Å². The van der Waals surface area contributed by atoms with E-state index in [-0.39, 0.29) is 4.90 Å². The number of rotatable bonds is 8. The largest absolute Gasteiger partial charge is 0.494 e. The van der Waals surface area contributed by atoms with Crippen molar-refractivity contribution in [2.45, 2.75) is 32.6 Å². The minimum atomic E-state index is -4.08. The monoisotopic (exact) mass is 486 g/mol. The Kier molecular flexibility index (Phi) is 7.66. The summed E-state index contributed by atoms with van der Waals surface area (Å²) in [7, 11) is -4.08. The molecule has 33 heavy (non-hydrogen) atoms. The molecule has 8 heteroatoms. The SMILES string of the molecule is CCOc1ccc(NC(=O)CN(c2cccc(C)c2C)S(=O)(=O)c2cccc(Cl)c2C)cc1. The van der Waals surface area contributed by atoms with Gasteiger partial charge in [-0.25, -0.2) is 8.42 Å². The number of halogens is 1. The number of ether oxygens (including phenoxy) is 1. The van der Waals surface area contributed by atoms with E-state index in [4.69, 9.17) is 16.3 Å². The van der Waals surface area contributed by atoms with Crippen LogP contribution in [0.25, 0.3) is 0 Å². The van der Waals surface area contributed by atoms with Crippen molar-refractivity contribution in [3.63, 3.8) is 0 Å². The van der Waals surface area contributed by atoms with Crippen LogP contribution in [0, 0.1) is 20.8 Å². The molecule has 0 saturated carbocycles. The molecule has 0 unspecified atom stereocenters. The molecule has 0 bridgehead atoms. The van der Waals surface area contributed by atoms with E-state index >= 15 is 0 Å². The van der Waals surface area contributed by atoms with Crippen molar-refractivity contribution in [2.24, 2.45) is 0 Å². The van der Waals surface area contributed by atoms with Gasteiger partial charge >= 0.3 is 0 Å². The zero-order valence-corrected chi connectivity index (χ0v) is 20.6. The van der Waals surface area contributed by atoms with E-state index < -0.39 is 22.5 Å². The maximum Gasteiger partial charge on any atom is 0.265 e. The van der Waals surface area contributed by atoms with E-state index in [1.807, 2.05) is 26.8 Å². The molecule has 0 aliphatic carbocycles. The first-order valence-corrected chi connectivity index (χ1v) is 12.3. The molecule has 0 heterocycles. The van der Waals surface area contributed by atoms with Gasteiger partial charge in [-0.3, -0.25) is 9.10 Å². The summed E-state index contributed by atoms with van der Waals surface area (Å²) in [6.07, 6.45) is 0. The topological polar surface area (TPSA) is 75.7 Å². The lowest BCUT2D eigenvalue weighted by atomic mass is 10.1. The molecule has 6 nitrogen and oxygen atoms in total. The molecule has 0 fully saturated rings. The van der Waals surface area contributed by atoms with E-state index in [0.717, 1.165) is 15.4 Å². The van der Waals surface area contributed by atoms with Gasteiger partial charge in [-0.1, -0.05) is 29.8 Å². The number of sulfonamides is 1. The Hall–Kier alpha value is -3.03. The number of hydrogen-bond acceptors (Lipinski definition) is 4. The number of carbonyl (C=O) groups is 1. The summed E-state index contributed by atoms with van der Waals surface area (Å²) in [5, 5.41) is 3.11. The number of anilines is 2. The second-order valence-electron chi connectivity index (χ2n) is 7.60. The Morgan fingerprint density at radius 3 is 2.30 bits per heavy atom. The van der Waals surface area contributed by atoms with E-state index in [0.29, 0.717) is 34.3 Å². The highest BCUT2D eigenvalue weighted by Crippen LogP contribution is 2.31. The van der Waals surface area contributed by atoms with Crippen molar-refractivity contribution in [2.75, 3.05) is 22.8 Å². The second kappa shape index (κ2) is 10.3. The Labute approximate surface area is 200 Å². The first kappa shape index (κ1) is 24.6. The predicted octanol–water partition coefficient (Wildman–Crippen LogP) is 5.50. The van der Waals surface area contributed by atoms with Crippen molar-refractivity contribution in [1.82, 2.24) is 0 Å². The molecule has 3 rings (SSSR count). The van der Waals surface area contributed by atoms with Crippen LogP contribution in [0.1, 0.15) is 23.6 Å². The lowest BCUT2D eigenvalue weighted by Gasteiger charge is -2.27. The molecule has 3 aromatic rings. The zero-order chi connectivity index (χ0) is 24.2. The number of benzene rings is 3. The zero-order valence-electron chi connectivity index (χ0n) is 19.1. The predicted molar refractivity (Wildman–Crippen MR) is 133 cm³/mol. The molecule has 0 aromatic heterocycles. The summed E-state index contributed by atoms with van der Waals surface area (Å²) < 4.78 is 34.0. The average Bonchev–Trinajstić information content (AvgIpc) is 2.77. The maximum atomic E-state index is 13.7. The van der Waals surface area contributed by atoms with Gasteiger partial charge in [0.1, 0.15) is 12.3 Å². The van der Waals surface area contributed by atoms with E-state index in [2.05, 4.69) is 5.32 Å². The molecule has 0 atom stereocenters.